The van der Waals surface area contributed by atoms with Crippen molar-refractivity contribution in [3.8, 4) is 11.3 Å². The summed E-state index contributed by atoms with van der Waals surface area (Å²) in [5, 5.41) is 7.97. The molecule has 2 heterocycles. The van der Waals surface area contributed by atoms with Gasteiger partial charge in [-0.25, -0.2) is 9.37 Å². The highest BCUT2D eigenvalue weighted by Crippen LogP contribution is 2.26. The van der Waals surface area contributed by atoms with Crippen molar-refractivity contribution in [1.29, 1.82) is 0 Å². The molecule has 5 nitrogen and oxygen atoms in total. The molecule has 1 N–H and O–H groups in total. The van der Waals surface area contributed by atoms with Gasteiger partial charge in [-0.2, -0.15) is 5.10 Å². The van der Waals surface area contributed by atoms with E-state index in [2.05, 4.69) is 10.4 Å². The molecule has 0 bridgehead atoms. The highest BCUT2D eigenvalue weighted by Gasteiger charge is 2.16. The first-order chi connectivity index (χ1) is 13.5. The first-order valence-electron chi connectivity index (χ1n) is 8.94. The number of hydrogen-bond donors (Lipinski definition) is 1. The molecule has 0 aliphatic carbocycles. The molecule has 0 fully saturated rings. The molecule has 1 amide bonds. The summed E-state index contributed by atoms with van der Waals surface area (Å²) in [6.07, 6.45) is 1.76. The molecule has 0 aliphatic rings. The predicted molar refractivity (Wildman–Crippen MR) is 106 cm³/mol. The van der Waals surface area contributed by atoms with Crippen molar-refractivity contribution in [2.24, 2.45) is 7.05 Å². The van der Waals surface area contributed by atoms with E-state index in [1.54, 1.807) is 29.1 Å². The van der Waals surface area contributed by atoms with Crippen molar-refractivity contribution in [2.75, 3.05) is 0 Å². The quantitative estimate of drug-likeness (QED) is 0.587. The van der Waals surface area contributed by atoms with Gasteiger partial charge in [-0.3, -0.25) is 9.48 Å². The molecule has 0 radical (unpaired) electrons. The fraction of sp³-hybridized carbons (Fsp3) is 0.136. The first-order valence-corrected chi connectivity index (χ1v) is 8.94. The van der Waals surface area contributed by atoms with Crippen LogP contribution in [0.4, 0.5) is 4.39 Å². The van der Waals surface area contributed by atoms with Crippen LogP contribution in [0.5, 0.6) is 0 Å². The molecule has 0 saturated heterocycles. The standard InChI is InChI=1S/C22H19FN4O/c1-14-19(13-25-27(14)2)21-11-18(17-5-3-4-6-20(17)26-21)22(28)24-12-15-7-9-16(23)10-8-15/h3-11,13H,12H2,1-2H3,(H,24,28). The Morgan fingerprint density at radius 3 is 2.61 bits per heavy atom. The molecule has 2 aromatic carbocycles. The van der Waals surface area contributed by atoms with E-state index >= 15 is 0 Å². The SMILES string of the molecule is Cc1c(-c2cc(C(=O)NCc3ccc(F)cc3)c3ccccc3n2)cnn1C. The van der Waals surface area contributed by atoms with Crippen LogP contribution in [0, 0.1) is 12.7 Å². The van der Waals surface area contributed by atoms with Gasteiger partial charge in [0.15, 0.2) is 0 Å². The summed E-state index contributed by atoms with van der Waals surface area (Å²) in [6.45, 7) is 2.28. The number of hydrogen-bond acceptors (Lipinski definition) is 3. The molecule has 6 heteroatoms. The minimum atomic E-state index is -0.299. The Bertz CT molecular complexity index is 1170. The van der Waals surface area contributed by atoms with Crippen molar-refractivity contribution in [1.82, 2.24) is 20.1 Å². The number of halogens is 1. The Kier molecular flexibility index (Phi) is 4.61. The van der Waals surface area contributed by atoms with Gasteiger partial charge in [0, 0.05) is 30.2 Å². The number of pyridine rings is 1. The van der Waals surface area contributed by atoms with Gasteiger partial charge >= 0.3 is 0 Å². The fourth-order valence-corrected chi connectivity index (χ4v) is 3.13. The molecule has 4 aromatic rings. The monoisotopic (exact) mass is 374 g/mol. The molecule has 140 valence electrons. The lowest BCUT2D eigenvalue weighted by molar-refractivity contribution is 0.0952. The third-order valence-electron chi connectivity index (χ3n) is 4.84. The highest BCUT2D eigenvalue weighted by molar-refractivity contribution is 6.07. The maximum atomic E-state index is 13.1. The summed E-state index contributed by atoms with van der Waals surface area (Å²) in [6, 6.07) is 15.4. The number of para-hydroxylation sites is 1. The van der Waals surface area contributed by atoms with Crippen molar-refractivity contribution in [2.45, 2.75) is 13.5 Å². The minimum absolute atomic E-state index is 0.203. The maximum absolute atomic E-state index is 13.1. The van der Waals surface area contributed by atoms with Crippen LogP contribution in [0.15, 0.2) is 60.8 Å². The lowest BCUT2D eigenvalue weighted by Gasteiger charge is -2.11. The molecular weight excluding hydrogens is 355 g/mol. The zero-order chi connectivity index (χ0) is 19.7. The Morgan fingerprint density at radius 1 is 1.14 bits per heavy atom. The summed E-state index contributed by atoms with van der Waals surface area (Å²) >= 11 is 0. The number of rotatable bonds is 4. The van der Waals surface area contributed by atoms with Gasteiger partial charge in [0.2, 0.25) is 0 Å². The van der Waals surface area contributed by atoms with E-state index in [4.69, 9.17) is 4.98 Å². The van der Waals surface area contributed by atoms with Gasteiger partial charge in [-0.05, 0) is 36.8 Å². The molecule has 0 unspecified atom stereocenters. The maximum Gasteiger partial charge on any atom is 0.252 e. The summed E-state index contributed by atoms with van der Waals surface area (Å²) in [5.41, 5.74) is 4.69. The second-order valence-corrected chi connectivity index (χ2v) is 6.65. The number of carbonyl (C=O) groups excluding carboxylic acids is 1. The molecule has 28 heavy (non-hydrogen) atoms. The first kappa shape index (κ1) is 17.9. The third-order valence-corrected chi connectivity index (χ3v) is 4.84. The van der Waals surface area contributed by atoms with Crippen LogP contribution in [0.3, 0.4) is 0 Å². The van der Waals surface area contributed by atoms with Crippen LogP contribution >= 0.6 is 0 Å². The van der Waals surface area contributed by atoms with E-state index in [1.165, 1.54) is 12.1 Å². The van der Waals surface area contributed by atoms with E-state index in [1.807, 2.05) is 38.2 Å². The van der Waals surface area contributed by atoms with Crippen LogP contribution in [0.2, 0.25) is 0 Å². The van der Waals surface area contributed by atoms with Gasteiger partial charge in [-0.1, -0.05) is 30.3 Å². The Labute approximate surface area is 161 Å². The summed E-state index contributed by atoms with van der Waals surface area (Å²) < 4.78 is 14.8. The highest BCUT2D eigenvalue weighted by atomic mass is 19.1. The fourth-order valence-electron chi connectivity index (χ4n) is 3.13. The molecule has 0 spiro atoms. The van der Waals surface area contributed by atoms with E-state index in [9.17, 15) is 9.18 Å². The van der Waals surface area contributed by atoms with Gasteiger partial charge in [-0.15, -0.1) is 0 Å². The van der Waals surface area contributed by atoms with Crippen molar-refractivity contribution in [3.63, 3.8) is 0 Å². The Hall–Kier alpha value is -3.54. The van der Waals surface area contributed by atoms with Gasteiger partial charge < -0.3 is 5.32 Å². The summed E-state index contributed by atoms with van der Waals surface area (Å²) in [5.74, 6) is -0.502. The predicted octanol–water partition coefficient (Wildman–Crippen LogP) is 4.01. The van der Waals surface area contributed by atoms with E-state index < -0.39 is 0 Å². The molecule has 0 atom stereocenters. The second-order valence-electron chi connectivity index (χ2n) is 6.65. The lowest BCUT2D eigenvalue weighted by Crippen LogP contribution is -2.23. The van der Waals surface area contributed by atoms with Crippen molar-refractivity contribution >= 4 is 16.8 Å². The van der Waals surface area contributed by atoms with E-state index in [0.29, 0.717) is 17.8 Å². The minimum Gasteiger partial charge on any atom is -0.348 e. The normalized spacial score (nSPS) is 11.0. The summed E-state index contributed by atoms with van der Waals surface area (Å²) in [7, 11) is 1.87. The van der Waals surface area contributed by atoms with E-state index in [0.717, 1.165) is 27.7 Å². The van der Waals surface area contributed by atoms with E-state index in [-0.39, 0.29) is 11.7 Å². The average molecular weight is 374 g/mol. The number of nitrogens with zero attached hydrogens (tertiary/aromatic N) is 3. The van der Waals surface area contributed by atoms with Gasteiger partial charge in [0.05, 0.1) is 23.0 Å². The van der Waals surface area contributed by atoms with Gasteiger partial charge in [0.25, 0.3) is 5.91 Å². The van der Waals surface area contributed by atoms with Crippen molar-refractivity contribution in [3.05, 3.63) is 83.4 Å². The molecule has 2 aromatic heterocycles. The number of carbonyl (C=O) groups is 1. The van der Waals surface area contributed by atoms with Crippen LogP contribution in [-0.4, -0.2) is 20.7 Å². The molecular formula is C22H19FN4O. The number of amides is 1. The van der Waals surface area contributed by atoms with Crippen LogP contribution in [0.25, 0.3) is 22.2 Å². The third kappa shape index (κ3) is 3.36. The number of nitrogens with one attached hydrogen (secondary N) is 1. The number of aromatic nitrogens is 3. The topological polar surface area (TPSA) is 59.8 Å². The summed E-state index contributed by atoms with van der Waals surface area (Å²) in [4.78, 5) is 17.7. The van der Waals surface area contributed by atoms with Crippen LogP contribution in [0.1, 0.15) is 21.6 Å². The Morgan fingerprint density at radius 2 is 1.89 bits per heavy atom. The smallest absolute Gasteiger partial charge is 0.252 e. The van der Waals surface area contributed by atoms with Crippen molar-refractivity contribution < 1.29 is 9.18 Å². The zero-order valence-corrected chi connectivity index (χ0v) is 15.6. The van der Waals surface area contributed by atoms with Gasteiger partial charge in [0.1, 0.15) is 5.82 Å². The zero-order valence-electron chi connectivity index (χ0n) is 15.6. The Balaban J connectivity index is 1.71. The largest absolute Gasteiger partial charge is 0.348 e. The molecule has 0 saturated carbocycles. The van der Waals surface area contributed by atoms with Crippen LogP contribution < -0.4 is 5.32 Å². The average Bonchev–Trinajstić information content (AvgIpc) is 3.05. The lowest BCUT2D eigenvalue weighted by atomic mass is 10.0. The number of aryl methyl sites for hydroxylation is 1. The van der Waals surface area contributed by atoms with Crippen LogP contribution in [-0.2, 0) is 13.6 Å². The molecule has 4 rings (SSSR count). The number of benzene rings is 2. The molecule has 0 aliphatic heterocycles. The second kappa shape index (κ2) is 7.23. The number of fused-ring (bicyclic) bond motifs is 1.